The van der Waals surface area contributed by atoms with E-state index < -0.39 is 11.7 Å². The Balaban J connectivity index is 2.13. The number of nitrogens with zero attached hydrogens (tertiary/aromatic N) is 2. The van der Waals surface area contributed by atoms with Gasteiger partial charge < -0.3 is 5.32 Å². The van der Waals surface area contributed by atoms with Crippen molar-refractivity contribution in [3.8, 4) is 0 Å². The molecule has 0 spiro atoms. The first-order chi connectivity index (χ1) is 9.10. The molecule has 0 fully saturated rings. The van der Waals surface area contributed by atoms with Gasteiger partial charge in [0.05, 0.1) is 10.7 Å². The van der Waals surface area contributed by atoms with Crippen molar-refractivity contribution in [3.05, 3.63) is 40.7 Å². The van der Waals surface area contributed by atoms with E-state index in [2.05, 4.69) is 20.5 Å². The maximum absolute atomic E-state index is 13.1. The van der Waals surface area contributed by atoms with Crippen LogP contribution in [0.25, 0.3) is 0 Å². The van der Waals surface area contributed by atoms with E-state index in [-0.39, 0.29) is 16.5 Å². The zero-order valence-electron chi connectivity index (χ0n) is 10.2. The Morgan fingerprint density at radius 3 is 3.05 bits per heavy atom. The third kappa shape index (κ3) is 3.29. The molecule has 0 bridgehead atoms. The number of halogens is 2. The lowest BCUT2D eigenvalue weighted by Crippen LogP contribution is -2.14. The van der Waals surface area contributed by atoms with Gasteiger partial charge in [0.15, 0.2) is 0 Å². The molecule has 1 amide bonds. The van der Waals surface area contributed by atoms with Crippen molar-refractivity contribution in [1.29, 1.82) is 0 Å². The van der Waals surface area contributed by atoms with E-state index in [1.807, 2.05) is 6.92 Å². The molecule has 0 aliphatic rings. The fourth-order valence-electron chi connectivity index (χ4n) is 1.52. The van der Waals surface area contributed by atoms with E-state index in [4.69, 9.17) is 11.6 Å². The molecule has 2 N–H and O–H groups in total. The average molecular weight is 283 g/mol. The SMILES string of the molecule is CCCc1nc(C(=O)Nc2cc(F)ccc2Cl)n[nH]1. The number of aryl methyl sites for hydroxylation is 1. The second-order valence-corrected chi connectivity index (χ2v) is 4.34. The highest BCUT2D eigenvalue weighted by Gasteiger charge is 2.14. The van der Waals surface area contributed by atoms with Crippen molar-refractivity contribution < 1.29 is 9.18 Å². The molecule has 1 aromatic carbocycles. The fourth-order valence-corrected chi connectivity index (χ4v) is 1.68. The Hall–Kier alpha value is -1.95. The van der Waals surface area contributed by atoms with Crippen LogP contribution < -0.4 is 5.32 Å². The molecule has 19 heavy (non-hydrogen) atoms. The minimum absolute atomic E-state index is 0.00350. The van der Waals surface area contributed by atoms with Crippen LogP contribution in [0.5, 0.6) is 0 Å². The Bertz CT molecular complexity index is 599. The number of amides is 1. The highest BCUT2D eigenvalue weighted by molar-refractivity contribution is 6.33. The lowest BCUT2D eigenvalue weighted by atomic mass is 10.3. The molecule has 0 atom stereocenters. The van der Waals surface area contributed by atoms with E-state index in [1.165, 1.54) is 12.1 Å². The first kappa shape index (κ1) is 13.5. The smallest absolute Gasteiger partial charge is 0.295 e. The number of hydrogen-bond donors (Lipinski definition) is 2. The van der Waals surface area contributed by atoms with Crippen LogP contribution >= 0.6 is 11.6 Å². The Morgan fingerprint density at radius 2 is 2.32 bits per heavy atom. The lowest BCUT2D eigenvalue weighted by Gasteiger charge is -2.04. The van der Waals surface area contributed by atoms with Gasteiger partial charge in [-0.1, -0.05) is 18.5 Å². The highest BCUT2D eigenvalue weighted by Crippen LogP contribution is 2.22. The van der Waals surface area contributed by atoms with Crippen molar-refractivity contribution in [3.63, 3.8) is 0 Å². The monoisotopic (exact) mass is 282 g/mol. The maximum atomic E-state index is 13.1. The summed E-state index contributed by atoms with van der Waals surface area (Å²) in [5.41, 5.74) is 0.188. The van der Waals surface area contributed by atoms with Crippen molar-refractivity contribution in [2.24, 2.45) is 0 Å². The highest BCUT2D eigenvalue weighted by atomic mass is 35.5. The molecule has 2 rings (SSSR count). The topological polar surface area (TPSA) is 70.7 Å². The minimum atomic E-state index is -0.536. The Labute approximate surface area is 114 Å². The predicted octanol–water partition coefficient (Wildman–Crippen LogP) is 2.80. The molecule has 2 aromatic rings. The molecule has 0 radical (unpaired) electrons. The van der Waals surface area contributed by atoms with Crippen LogP contribution in [0.15, 0.2) is 18.2 Å². The van der Waals surface area contributed by atoms with Crippen LogP contribution in [0.4, 0.5) is 10.1 Å². The van der Waals surface area contributed by atoms with Crippen LogP contribution in [0.1, 0.15) is 29.8 Å². The first-order valence-electron chi connectivity index (χ1n) is 5.78. The van der Waals surface area contributed by atoms with Crippen LogP contribution in [0, 0.1) is 5.82 Å². The summed E-state index contributed by atoms with van der Waals surface area (Å²) >= 11 is 5.85. The summed E-state index contributed by atoms with van der Waals surface area (Å²) in [6.45, 7) is 1.99. The van der Waals surface area contributed by atoms with Crippen LogP contribution in [0.2, 0.25) is 5.02 Å². The number of rotatable bonds is 4. The molecule has 1 aromatic heterocycles. The van der Waals surface area contributed by atoms with Gasteiger partial charge in [0.25, 0.3) is 5.91 Å². The molecule has 0 aliphatic carbocycles. The molecule has 0 unspecified atom stereocenters. The van der Waals surface area contributed by atoms with E-state index >= 15 is 0 Å². The van der Waals surface area contributed by atoms with Gasteiger partial charge in [-0.25, -0.2) is 9.37 Å². The number of aromatic amines is 1. The number of aromatic nitrogens is 3. The summed E-state index contributed by atoms with van der Waals surface area (Å²) in [6, 6.07) is 3.72. The number of benzene rings is 1. The third-order valence-corrected chi connectivity index (χ3v) is 2.73. The number of anilines is 1. The van der Waals surface area contributed by atoms with Gasteiger partial charge in [-0.15, -0.1) is 5.10 Å². The van der Waals surface area contributed by atoms with Crippen LogP contribution in [-0.2, 0) is 6.42 Å². The summed E-state index contributed by atoms with van der Waals surface area (Å²) in [6.07, 6.45) is 1.60. The Morgan fingerprint density at radius 1 is 1.53 bits per heavy atom. The van der Waals surface area contributed by atoms with Gasteiger partial charge >= 0.3 is 0 Å². The second kappa shape index (κ2) is 5.79. The molecule has 0 saturated carbocycles. The van der Waals surface area contributed by atoms with Gasteiger partial charge in [-0.3, -0.25) is 9.89 Å². The number of nitrogens with one attached hydrogen (secondary N) is 2. The van der Waals surface area contributed by atoms with Gasteiger partial charge in [-0.2, -0.15) is 0 Å². The molecule has 1 heterocycles. The summed E-state index contributed by atoms with van der Waals surface area (Å²) in [4.78, 5) is 15.9. The Kier molecular flexibility index (Phi) is 4.11. The lowest BCUT2D eigenvalue weighted by molar-refractivity contribution is 0.101. The molecule has 0 saturated heterocycles. The van der Waals surface area contributed by atoms with E-state index in [0.29, 0.717) is 12.2 Å². The van der Waals surface area contributed by atoms with Crippen molar-refractivity contribution in [2.75, 3.05) is 5.32 Å². The summed E-state index contributed by atoms with van der Waals surface area (Å²) < 4.78 is 13.1. The molecule has 0 aliphatic heterocycles. The van der Waals surface area contributed by atoms with Gasteiger partial charge in [0.1, 0.15) is 11.6 Å². The van der Waals surface area contributed by atoms with E-state index in [9.17, 15) is 9.18 Å². The number of H-pyrrole nitrogens is 1. The van der Waals surface area contributed by atoms with Gasteiger partial charge in [0.2, 0.25) is 5.82 Å². The quantitative estimate of drug-likeness (QED) is 0.906. The number of carbonyl (C=O) groups is 1. The molecule has 5 nitrogen and oxygen atoms in total. The zero-order chi connectivity index (χ0) is 13.8. The standard InChI is InChI=1S/C12H12ClFN4O/c1-2-3-10-16-11(18-17-10)12(19)15-9-6-7(14)4-5-8(9)13/h4-6H,2-3H2,1H3,(H,15,19)(H,16,17,18). The van der Waals surface area contributed by atoms with Gasteiger partial charge in [0, 0.05) is 6.42 Å². The van der Waals surface area contributed by atoms with Crippen molar-refractivity contribution in [2.45, 2.75) is 19.8 Å². The second-order valence-electron chi connectivity index (χ2n) is 3.93. The zero-order valence-corrected chi connectivity index (χ0v) is 11.0. The van der Waals surface area contributed by atoms with Crippen molar-refractivity contribution in [1.82, 2.24) is 15.2 Å². The van der Waals surface area contributed by atoms with E-state index in [1.54, 1.807) is 0 Å². The van der Waals surface area contributed by atoms with Crippen LogP contribution in [0.3, 0.4) is 0 Å². The molecule has 100 valence electrons. The normalized spacial score (nSPS) is 10.5. The largest absolute Gasteiger partial charge is 0.318 e. The summed E-state index contributed by atoms with van der Waals surface area (Å²) in [7, 11) is 0. The van der Waals surface area contributed by atoms with E-state index in [0.717, 1.165) is 12.5 Å². The molecule has 7 heteroatoms. The molecular formula is C12H12ClFN4O. The minimum Gasteiger partial charge on any atom is -0.318 e. The number of hydrogen-bond acceptors (Lipinski definition) is 3. The maximum Gasteiger partial charge on any atom is 0.295 e. The van der Waals surface area contributed by atoms with Crippen LogP contribution in [-0.4, -0.2) is 21.1 Å². The number of carbonyl (C=O) groups excluding carboxylic acids is 1. The average Bonchev–Trinajstić information content (AvgIpc) is 2.83. The fraction of sp³-hybridized carbons (Fsp3) is 0.250. The van der Waals surface area contributed by atoms with Crippen molar-refractivity contribution >= 4 is 23.2 Å². The summed E-state index contributed by atoms with van der Waals surface area (Å²) in [5.74, 6) is -0.380. The molecular weight excluding hydrogens is 271 g/mol. The van der Waals surface area contributed by atoms with Gasteiger partial charge in [-0.05, 0) is 24.6 Å². The predicted molar refractivity (Wildman–Crippen MR) is 69.7 cm³/mol. The summed E-state index contributed by atoms with van der Waals surface area (Å²) in [5, 5.41) is 9.18. The first-order valence-corrected chi connectivity index (χ1v) is 6.15. The third-order valence-electron chi connectivity index (χ3n) is 2.40.